The molecule has 0 aliphatic carbocycles. The van der Waals surface area contributed by atoms with Gasteiger partial charge in [-0.2, -0.15) is 0 Å². The Morgan fingerprint density at radius 1 is 1.03 bits per heavy atom. The molecule has 1 unspecified atom stereocenters. The van der Waals surface area contributed by atoms with Crippen LogP contribution in [0.5, 0.6) is 5.75 Å². The van der Waals surface area contributed by atoms with Gasteiger partial charge in [0.1, 0.15) is 30.2 Å². The minimum Gasteiger partial charge on any atom is -0.726 e. The molecular formula is C21H25NaO9S. The van der Waals surface area contributed by atoms with Crippen molar-refractivity contribution in [3.05, 3.63) is 53.6 Å². The van der Waals surface area contributed by atoms with Crippen LogP contribution in [-0.2, 0) is 25.7 Å². The molecular weight excluding hydrogens is 451 g/mol. The molecule has 1 aliphatic heterocycles. The van der Waals surface area contributed by atoms with Crippen molar-refractivity contribution in [3.8, 4) is 16.9 Å². The van der Waals surface area contributed by atoms with Gasteiger partial charge in [0.2, 0.25) is 10.4 Å². The fourth-order valence-electron chi connectivity index (χ4n) is 3.80. The summed E-state index contributed by atoms with van der Waals surface area (Å²) in [5.74, 6) is 0.389. The first kappa shape index (κ1) is 27.2. The number of ether oxygens (including phenoxy) is 2. The van der Waals surface area contributed by atoms with Gasteiger partial charge in [0.05, 0.1) is 19.8 Å². The second kappa shape index (κ2) is 11.4. The van der Waals surface area contributed by atoms with E-state index in [-0.39, 0.29) is 36.0 Å². The Morgan fingerprint density at radius 3 is 2.28 bits per heavy atom. The van der Waals surface area contributed by atoms with Gasteiger partial charge in [-0.3, -0.25) is 4.18 Å². The van der Waals surface area contributed by atoms with Crippen molar-refractivity contribution < 1.29 is 71.5 Å². The molecule has 9 nitrogen and oxygen atoms in total. The van der Waals surface area contributed by atoms with E-state index < -0.39 is 47.5 Å². The number of rotatable bonds is 7. The smallest absolute Gasteiger partial charge is 0.726 e. The third-order valence-corrected chi connectivity index (χ3v) is 5.78. The zero-order valence-electron chi connectivity index (χ0n) is 18.0. The van der Waals surface area contributed by atoms with Gasteiger partial charge in [-0.25, -0.2) is 8.42 Å². The van der Waals surface area contributed by atoms with E-state index in [0.717, 1.165) is 5.56 Å². The molecule has 5 atom stereocenters. The van der Waals surface area contributed by atoms with Gasteiger partial charge in [-0.05, 0) is 18.1 Å². The summed E-state index contributed by atoms with van der Waals surface area (Å²) >= 11 is 0. The maximum Gasteiger partial charge on any atom is 1.00 e. The summed E-state index contributed by atoms with van der Waals surface area (Å²) in [6.45, 7) is 1.12. The van der Waals surface area contributed by atoms with Crippen LogP contribution < -0.4 is 34.3 Å². The van der Waals surface area contributed by atoms with E-state index in [1.807, 2.05) is 30.3 Å². The first-order valence-corrected chi connectivity index (χ1v) is 11.0. The zero-order chi connectivity index (χ0) is 22.8. The number of hydrogen-bond donors (Lipinski definition) is 3. The van der Waals surface area contributed by atoms with Crippen molar-refractivity contribution in [1.29, 1.82) is 0 Å². The van der Waals surface area contributed by atoms with Crippen molar-refractivity contribution >= 4 is 10.4 Å². The molecule has 0 saturated carbocycles. The number of hydrogen-bond acceptors (Lipinski definition) is 9. The number of benzene rings is 2. The summed E-state index contributed by atoms with van der Waals surface area (Å²) < 4.78 is 48.4. The van der Waals surface area contributed by atoms with E-state index in [4.69, 9.17) is 9.47 Å². The van der Waals surface area contributed by atoms with E-state index >= 15 is 0 Å². The molecule has 0 radical (unpaired) electrons. The topological polar surface area (TPSA) is 146 Å². The molecule has 1 heterocycles. The third kappa shape index (κ3) is 6.09. The first-order valence-electron chi connectivity index (χ1n) is 9.69. The van der Waals surface area contributed by atoms with Crippen LogP contribution in [0.25, 0.3) is 11.1 Å². The summed E-state index contributed by atoms with van der Waals surface area (Å²) in [5, 5.41) is 30.8. The van der Waals surface area contributed by atoms with Crippen molar-refractivity contribution in [2.75, 3.05) is 13.7 Å². The maximum atomic E-state index is 10.9. The van der Waals surface area contributed by atoms with Crippen LogP contribution in [0.4, 0.5) is 0 Å². The molecule has 32 heavy (non-hydrogen) atoms. The Morgan fingerprint density at radius 2 is 1.69 bits per heavy atom. The fourth-order valence-corrected chi connectivity index (χ4v) is 4.09. The van der Waals surface area contributed by atoms with Crippen LogP contribution in [0.15, 0.2) is 42.5 Å². The normalized spacial score (nSPS) is 25.8. The van der Waals surface area contributed by atoms with Crippen molar-refractivity contribution in [1.82, 2.24) is 0 Å². The van der Waals surface area contributed by atoms with Gasteiger partial charge in [0.15, 0.2) is 0 Å². The molecule has 0 aromatic heterocycles. The van der Waals surface area contributed by atoms with E-state index in [1.54, 1.807) is 19.1 Å². The summed E-state index contributed by atoms with van der Waals surface area (Å²) in [4.78, 5) is 0. The van der Waals surface area contributed by atoms with Crippen molar-refractivity contribution in [3.63, 3.8) is 0 Å². The summed E-state index contributed by atoms with van der Waals surface area (Å²) in [5.41, 5.74) is 2.41. The Balaban J connectivity index is 0.00000363. The molecule has 1 fully saturated rings. The minimum absolute atomic E-state index is 0. The predicted molar refractivity (Wildman–Crippen MR) is 109 cm³/mol. The maximum absolute atomic E-state index is 10.9. The zero-order valence-corrected chi connectivity index (χ0v) is 20.9. The minimum atomic E-state index is -4.89. The summed E-state index contributed by atoms with van der Waals surface area (Å²) in [6, 6.07) is 12.7. The van der Waals surface area contributed by atoms with Crippen molar-refractivity contribution in [2.45, 2.75) is 43.9 Å². The predicted octanol–water partition coefficient (Wildman–Crippen LogP) is -2.07. The SMILES string of the molecule is COc1c(-c2ccccc2)ccc(C2O[C@H](C)[C@H](O)[C@H](O)[C@H]2O)c1CCOS(=O)(=O)[O-].[Na+]. The standard InChI is InChI=1S/C21H26O9S.Na/c1-12-17(22)18(23)19(24)21(30-12)15-9-8-14(13-6-4-3-5-7-13)20(28-2)16(15)10-11-29-31(25,26)27;/h3-9,12,17-19,21-24H,10-11H2,1-2H3,(H,25,26,27);/q;+1/p-1/t12-,17+,18+,19-,21?;/m1./s1. The second-order valence-electron chi connectivity index (χ2n) is 7.29. The molecule has 1 saturated heterocycles. The van der Waals surface area contributed by atoms with Gasteiger partial charge in [0.25, 0.3) is 0 Å². The quantitative estimate of drug-likeness (QED) is 0.233. The van der Waals surface area contributed by atoms with E-state index in [1.165, 1.54) is 7.11 Å². The molecule has 170 valence electrons. The number of aliphatic hydroxyl groups is 3. The van der Waals surface area contributed by atoms with Crippen LogP contribution in [-0.4, -0.2) is 66.4 Å². The van der Waals surface area contributed by atoms with Gasteiger partial charge in [-0.15, -0.1) is 0 Å². The molecule has 2 aromatic rings. The fraction of sp³-hybridized carbons (Fsp3) is 0.429. The average molecular weight is 476 g/mol. The molecule has 0 amide bonds. The molecule has 3 N–H and O–H groups in total. The van der Waals surface area contributed by atoms with Gasteiger partial charge >= 0.3 is 29.6 Å². The van der Waals surface area contributed by atoms with E-state index in [9.17, 15) is 28.3 Å². The molecule has 2 aromatic carbocycles. The molecule has 1 aliphatic rings. The average Bonchev–Trinajstić information content (AvgIpc) is 2.74. The summed E-state index contributed by atoms with van der Waals surface area (Å²) in [7, 11) is -3.45. The van der Waals surface area contributed by atoms with Crippen LogP contribution in [0.3, 0.4) is 0 Å². The van der Waals surface area contributed by atoms with E-state index in [2.05, 4.69) is 4.18 Å². The van der Waals surface area contributed by atoms with Gasteiger partial charge in [0, 0.05) is 17.5 Å². The molecule has 3 rings (SSSR count). The Labute approximate surface area is 209 Å². The number of methoxy groups -OCH3 is 1. The third-order valence-electron chi connectivity index (χ3n) is 5.32. The van der Waals surface area contributed by atoms with Crippen LogP contribution in [0, 0.1) is 0 Å². The molecule has 0 bridgehead atoms. The van der Waals surface area contributed by atoms with Gasteiger partial charge in [-0.1, -0.05) is 42.5 Å². The van der Waals surface area contributed by atoms with Crippen LogP contribution in [0.2, 0.25) is 0 Å². The Hall–Kier alpha value is -1.05. The number of aliphatic hydroxyl groups excluding tert-OH is 3. The largest absolute Gasteiger partial charge is 1.00 e. The Kier molecular flexibility index (Phi) is 9.68. The summed E-state index contributed by atoms with van der Waals surface area (Å²) in [6.07, 6.45) is -5.99. The second-order valence-corrected chi connectivity index (χ2v) is 8.35. The van der Waals surface area contributed by atoms with E-state index in [0.29, 0.717) is 22.4 Å². The molecule has 0 spiro atoms. The first-order chi connectivity index (χ1) is 14.6. The van der Waals surface area contributed by atoms with Crippen LogP contribution >= 0.6 is 0 Å². The molecule has 11 heteroatoms. The van der Waals surface area contributed by atoms with Crippen molar-refractivity contribution in [2.24, 2.45) is 0 Å². The van der Waals surface area contributed by atoms with Gasteiger partial charge < -0.3 is 29.3 Å². The Bertz CT molecular complexity index is 1000. The monoisotopic (exact) mass is 476 g/mol. The van der Waals surface area contributed by atoms with Crippen LogP contribution in [0.1, 0.15) is 24.2 Å².